The molecule has 138 valence electrons. The molecule has 1 aromatic carbocycles. The lowest BCUT2D eigenvalue weighted by atomic mass is 10.1. The van der Waals surface area contributed by atoms with Crippen molar-refractivity contribution < 1.29 is 9.59 Å². The van der Waals surface area contributed by atoms with Crippen molar-refractivity contribution in [2.45, 2.75) is 36.9 Å². The Morgan fingerprint density at radius 2 is 2.15 bits per heavy atom. The third-order valence-corrected chi connectivity index (χ3v) is 5.16. The average molecular weight is 394 g/mol. The number of thioether (sulfide) groups is 1. The SMILES string of the molecule is NC(=O)Cn1c(SCC(=O)NCCc2cccc(Cl)c2)nnc1C1CC1. The van der Waals surface area contributed by atoms with Crippen LogP contribution in [-0.4, -0.2) is 38.9 Å². The molecule has 0 spiro atoms. The second kappa shape index (κ2) is 8.55. The van der Waals surface area contributed by atoms with Crippen LogP contribution < -0.4 is 11.1 Å². The van der Waals surface area contributed by atoms with Crippen LogP contribution in [-0.2, 0) is 22.6 Å². The van der Waals surface area contributed by atoms with E-state index in [0.29, 0.717) is 29.1 Å². The standard InChI is InChI=1S/C17H20ClN5O2S/c18-13-3-1-2-11(8-13)6-7-20-15(25)10-26-17-22-21-16(12-4-5-12)23(17)9-14(19)24/h1-3,8,12H,4-7,9-10H2,(H2,19,24)(H,20,25). The van der Waals surface area contributed by atoms with E-state index in [0.717, 1.165) is 24.2 Å². The summed E-state index contributed by atoms with van der Waals surface area (Å²) in [4.78, 5) is 23.4. The van der Waals surface area contributed by atoms with Crippen molar-refractivity contribution in [3.63, 3.8) is 0 Å². The molecule has 2 amide bonds. The number of aromatic nitrogens is 3. The molecule has 1 heterocycles. The van der Waals surface area contributed by atoms with Crippen LogP contribution >= 0.6 is 23.4 Å². The predicted octanol–water partition coefficient (Wildman–Crippen LogP) is 1.75. The summed E-state index contributed by atoms with van der Waals surface area (Å²) in [6.07, 6.45) is 2.80. The summed E-state index contributed by atoms with van der Waals surface area (Å²) in [6, 6.07) is 7.56. The fraction of sp³-hybridized carbons (Fsp3) is 0.412. The highest BCUT2D eigenvalue weighted by Gasteiger charge is 2.30. The maximum atomic E-state index is 12.1. The Bertz CT molecular complexity index is 806. The van der Waals surface area contributed by atoms with Gasteiger partial charge in [0, 0.05) is 17.5 Å². The molecule has 0 aliphatic heterocycles. The maximum Gasteiger partial charge on any atom is 0.237 e. The van der Waals surface area contributed by atoms with Gasteiger partial charge in [-0.2, -0.15) is 0 Å². The molecule has 26 heavy (non-hydrogen) atoms. The molecule has 1 aromatic heterocycles. The predicted molar refractivity (Wildman–Crippen MR) is 100 cm³/mol. The first-order valence-corrected chi connectivity index (χ1v) is 9.74. The lowest BCUT2D eigenvalue weighted by Gasteiger charge is -2.08. The Kier molecular flexibility index (Phi) is 6.16. The van der Waals surface area contributed by atoms with Crippen LogP contribution in [0.15, 0.2) is 29.4 Å². The number of rotatable bonds is 9. The van der Waals surface area contributed by atoms with Crippen molar-refractivity contribution in [3.05, 3.63) is 40.7 Å². The highest BCUT2D eigenvalue weighted by Crippen LogP contribution is 2.39. The molecule has 0 radical (unpaired) electrons. The van der Waals surface area contributed by atoms with E-state index < -0.39 is 5.91 Å². The Hall–Kier alpha value is -2.06. The minimum absolute atomic E-state index is 0.0392. The molecule has 0 atom stereocenters. The normalized spacial score (nSPS) is 13.6. The zero-order chi connectivity index (χ0) is 18.5. The molecule has 9 heteroatoms. The zero-order valence-corrected chi connectivity index (χ0v) is 15.7. The summed E-state index contributed by atoms with van der Waals surface area (Å²) in [6.45, 7) is 0.568. The number of halogens is 1. The molecule has 1 saturated carbocycles. The third kappa shape index (κ3) is 5.22. The van der Waals surface area contributed by atoms with Gasteiger partial charge >= 0.3 is 0 Å². The second-order valence-corrected chi connectivity index (χ2v) is 7.56. The molecule has 2 aromatic rings. The molecule has 3 rings (SSSR count). The fourth-order valence-electron chi connectivity index (χ4n) is 2.57. The van der Waals surface area contributed by atoms with Crippen molar-refractivity contribution in [2.24, 2.45) is 5.73 Å². The first kappa shape index (κ1) is 18.7. The van der Waals surface area contributed by atoms with E-state index in [9.17, 15) is 9.59 Å². The van der Waals surface area contributed by atoms with Crippen molar-refractivity contribution in [1.29, 1.82) is 0 Å². The Morgan fingerprint density at radius 1 is 1.35 bits per heavy atom. The topological polar surface area (TPSA) is 103 Å². The minimum Gasteiger partial charge on any atom is -0.368 e. The number of amides is 2. The first-order valence-electron chi connectivity index (χ1n) is 8.38. The lowest BCUT2D eigenvalue weighted by molar-refractivity contribution is -0.119. The summed E-state index contributed by atoms with van der Waals surface area (Å²) in [5.74, 6) is 0.797. The summed E-state index contributed by atoms with van der Waals surface area (Å²) >= 11 is 7.20. The average Bonchev–Trinajstić information content (AvgIpc) is 3.35. The number of nitrogens with zero attached hydrogens (tertiary/aromatic N) is 3. The molecular formula is C17H20ClN5O2S. The van der Waals surface area contributed by atoms with Crippen molar-refractivity contribution >= 4 is 35.2 Å². The van der Waals surface area contributed by atoms with E-state index in [4.69, 9.17) is 17.3 Å². The highest BCUT2D eigenvalue weighted by atomic mass is 35.5. The van der Waals surface area contributed by atoms with Gasteiger partial charge in [-0.3, -0.25) is 14.2 Å². The highest BCUT2D eigenvalue weighted by molar-refractivity contribution is 7.99. The minimum atomic E-state index is -0.445. The molecule has 1 aliphatic rings. The number of benzene rings is 1. The molecule has 7 nitrogen and oxygen atoms in total. The molecule has 1 fully saturated rings. The van der Waals surface area contributed by atoms with Crippen LogP contribution in [0.3, 0.4) is 0 Å². The van der Waals surface area contributed by atoms with Crippen LogP contribution in [0.1, 0.15) is 30.1 Å². The molecule has 0 unspecified atom stereocenters. The quantitative estimate of drug-likeness (QED) is 0.632. The van der Waals surface area contributed by atoms with E-state index in [2.05, 4.69) is 15.5 Å². The third-order valence-electron chi connectivity index (χ3n) is 3.96. The molecule has 3 N–H and O–H groups in total. The van der Waals surface area contributed by atoms with Gasteiger partial charge in [-0.05, 0) is 37.0 Å². The van der Waals surface area contributed by atoms with Crippen LogP contribution in [0.5, 0.6) is 0 Å². The van der Waals surface area contributed by atoms with Gasteiger partial charge in [0.1, 0.15) is 12.4 Å². The van der Waals surface area contributed by atoms with Gasteiger partial charge in [-0.1, -0.05) is 35.5 Å². The Balaban J connectivity index is 1.49. The molecular weight excluding hydrogens is 374 g/mol. The fourth-order valence-corrected chi connectivity index (χ4v) is 3.56. The van der Waals surface area contributed by atoms with E-state index in [1.165, 1.54) is 11.8 Å². The van der Waals surface area contributed by atoms with Crippen molar-refractivity contribution in [2.75, 3.05) is 12.3 Å². The maximum absolute atomic E-state index is 12.1. The summed E-state index contributed by atoms with van der Waals surface area (Å²) in [5, 5.41) is 12.4. The summed E-state index contributed by atoms with van der Waals surface area (Å²) < 4.78 is 1.73. The molecule has 0 bridgehead atoms. The van der Waals surface area contributed by atoms with Gasteiger partial charge in [0.25, 0.3) is 0 Å². The smallest absolute Gasteiger partial charge is 0.237 e. The van der Waals surface area contributed by atoms with Gasteiger partial charge < -0.3 is 11.1 Å². The van der Waals surface area contributed by atoms with E-state index in [1.54, 1.807) is 4.57 Å². The van der Waals surface area contributed by atoms with Gasteiger partial charge in [0.2, 0.25) is 11.8 Å². The van der Waals surface area contributed by atoms with Gasteiger partial charge in [0.15, 0.2) is 5.16 Å². The van der Waals surface area contributed by atoms with Crippen molar-refractivity contribution in [3.8, 4) is 0 Å². The summed E-state index contributed by atoms with van der Waals surface area (Å²) in [5.41, 5.74) is 6.39. The summed E-state index contributed by atoms with van der Waals surface area (Å²) in [7, 11) is 0. The van der Waals surface area contributed by atoms with Crippen LogP contribution in [0, 0.1) is 0 Å². The largest absolute Gasteiger partial charge is 0.368 e. The van der Waals surface area contributed by atoms with E-state index >= 15 is 0 Å². The molecule has 1 aliphatic carbocycles. The van der Waals surface area contributed by atoms with E-state index in [1.807, 2.05) is 24.3 Å². The molecule has 0 saturated heterocycles. The van der Waals surface area contributed by atoms with E-state index in [-0.39, 0.29) is 18.2 Å². The first-order chi connectivity index (χ1) is 12.5. The van der Waals surface area contributed by atoms with Crippen LogP contribution in [0.25, 0.3) is 0 Å². The van der Waals surface area contributed by atoms with Gasteiger partial charge in [0.05, 0.1) is 5.75 Å². The number of nitrogens with two attached hydrogens (primary N) is 1. The second-order valence-electron chi connectivity index (χ2n) is 6.19. The number of hydrogen-bond acceptors (Lipinski definition) is 5. The van der Waals surface area contributed by atoms with Crippen LogP contribution in [0.4, 0.5) is 0 Å². The number of nitrogens with one attached hydrogen (secondary N) is 1. The Morgan fingerprint density at radius 3 is 2.85 bits per heavy atom. The van der Waals surface area contributed by atoms with Gasteiger partial charge in [-0.15, -0.1) is 10.2 Å². The lowest BCUT2D eigenvalue weighted by Crippen LogP contribution is -2.27. The van der Waals surface area contributed by atoms with Crippen LogP contribution in [0.2, 0.25) is 5.02 Å². The number of hydrogen-bond donors (Lipinski definition) is 2. The monoisotopic (exact) mass is 393 g/mol. The number of carbonyl (C=O) groups is 2. The number of carbonyl (C=O) groups excluding carboxylic acids is 2. The zero-order valence-electron chi connectivity index (χ0n) is 14.2. The number of primary amides is 1. The van der Waals surface area contributed by atoms with Gasteiger partial charge in [-0.25, -0.2) is 0 Å². The van der Waals surface area contributed by atoms with Crippen molar-refractivity contribution in [1.82, 2.24) is 20.1 Å². The Labute approximate surface area is 160 Å².